The van der Waals surface area contributed by atoms with Gasteiger partial charge in [0.25, 0.3) is 0 Å². The molecule has 88 valence electrons. The number of halogens is 1. The van der Waals surface area contributed by atoms with Gasteiger partial charge in [0.05, 0.1) is 12.1 Å². The fourth-order valence-electron chi connectivity index (χ4n) is 1.38. The van der Waals surface area contributed by atoms with E-state index in [4.69, 9.17) is 26.8 Å². The number of methoxy groups -OCH3 is 1. The van der Waals surface area contributed by atoms with Gasteiger partial charge < -0.3 is 15.2 Å². The summed E-state index contributed by atoms with van der Waals surface area (Å²) in [4.78, 5) is 0. The predicted octanol–water partition coefficient (Wildman–Crippen LogP) is 3.72. The molecule has 2 aromatic rings. The van der Waals surface area contributed by atoms with E-state index in [2.05, 4.69) is 0 Å². The van der Waals surface area contributed by atoms with Crippen LogP contribution >= 0.6 is 11.6 Å². The quantitative estimate of drug-likeness (QED) is 0.843. The van der Waals surface area contributed by atoms with Gasteiger partial charge in [-0.3, -0.25) is 0 Å². The largest absolute Gasteiger partial charge is 0.495 e. The maximum Gasteiger partial charge on any atom is 0.141 e. The van der Waals surface area contributed by atoms with Crippen molar-refractivity contribution in [2.75, 3.05) is 12.8 Å². The fraction of sp³-hybridized carbons (Fsp3) is 0.0769. The Hall–Kier alpha value is -1.87. The van der Waals surface area contributed by atoms with Crippen LogP contribution in [0.5, 0.6) is 17.2 Å². The van der Waals surface area contributed by atoms with Crippen LogP contribution in [0.3, 0.4) is 0 Å². The molecule has 2 rings (SSSR count). The van der Waals surface area contributed by atoms with Gasteiger partial charge in [-0.15, -0.1) is 0 Å². The van der Waals surface area contributed by atoms with Crippen molar-refractivity contribution >= 4 is 17.3 Å². The highest BCUT2D eigenvalue weighted by molar-refractivity contribution is 6.32. The summed E-state index contributed by atoms with van der Waals surface area (Å²) in [7, 11) is 1.56. The van der Waals surface area contributed by atoms with Gasteiger partial charge in [0.1, 0.15) is 17.2 Å². The van der Waals surface area contributed by atoms with Crippen molar-refractivity contribution < 1.29 is 9.47 Å². The molecular formula is C13H12ClNO2. The Labute approximate surface area is 105 Å². The molecule has 0 aliphatic rings. The van der Waals surface area contributed by atoms with Crippen LogP contribution in [-0.2, 0) is 0 Å². The van der Waals surface area contributed by atoms with Crippen LogP contribution in [0.2, 0.25) is 5.02 Å². The highest BCUT2D eigenvalue weighted by Crippen LogP contribution is 2.31. The topological polar surface area (TPSA) is 44.5 Å². The normalized spacial score (nSPS) is 10.0. The molecule has 2 aromatic carbocycles. The molecule has 0 bridgehead atoms. The Balaban J connectivity index is 2.21. The minimum atomic E-state index is 0.553. The average molecular weight is 250 g/mol. The lowest BCUT2D eigenvalue weighted by Crippen LogP contribution is -1.88. The van der Waals surface area contributed by atoms with Gasteiger partial charge in [0, 0.05) is 11.8 Å². The molecule has 0 fully saturated rings. The summed E-state index contributed by atoms with van der Waals surface area (Å²) < 4.78 is 10.7. The van der Waals surface area contributed by atoms with Gasteiger partial charge >= 0.3 is 0 Å². The highest BCUT2D eigenvalue weighted by atomic mass is 35.5. The Morgan fingerprint density at radius 3 is 2.29 bits per heavy atom. The third-order valence-corrected chi connectivity index (χ3v) is 2.55. The number of anilines is 1. The summed E-state index contributed by atoms with van der Waals surface area (Å²) in [6.45, 7) is 0. The van der Waals surface area contributed by atoms with Crippen molar-refractivity contribution in [2.45, 2.75) is 0 Å². The van der Waals surface area contributed by atoms with E-state index in [-0.39, 0.29) is 0 Å². The van der Waals surface area contributed by atoms with Crippen LogP contribution in [-0.4, -0.2) is 7.11 Å². The standard InChI is InChI=1S/C13H12ClNO2/c1-16-13-8-11(6-7-12(13)14)17-10-4-2-9(15)3-5-10/h2-8H,15H2,1H3. The maximum atomic E-state index is 5.92. The molecule has 0 radical (unpaired) electrons. The average Bonchev–Trinajstić information content (AvgIpc) is 2.34. The van der Waals surface area contributed by atoms with Crippen molar-refractivity contribution in [1.29, 1.82) is 0 Å². The third-order valence-electron chi connectivity index (χ3n) is 2.24. The summed E-state index contributed by atoms with van der Waals surface area (Å²) in [5.74, 6) is 1.96. The van der Waals surface area contributed by atoms with Crippen LogP contribution in [0, 0.1) is 0 Å². The minimum absolute atomic E-state index is 0.553. The van der Waals surface area contributed by atoms with Gasteiger partial charge in [-0.25, -0.2) is 0 Å². The SMILES string of the molecule is COc1cc(Oc2ccc(N)cc2)ccc1Cl. The monoisotopic (exact) mass is 249 g/mol. The molecule has 0 saturated carbocycles. The summed E-state index contributed by atoms with van der Waals surface area (Å²) in [6.07, 6.45) is 0. The van der Waals surface area contributed by atoms with E-state index in [0.29, 0.717) is 28.0 Å². The second kappa shape index (κ2) is 4.97. The summed E-state index contributed by atoms with van der Waals surface area (Å²) in [6, 6.07) is 12.4. The third kappa shape index (κ3) is 2.82. The summed E-state index contributed by atoms with van der Waals surface area (Å²) in [5.41, 5.74) is 6.29. The van der Waals surface area contributed by atoms with Gasteiger partial charge in [-0.05, 0) is 36.4 Å². The van der Waals surface area contributed by atoms with E-state index in [1.165, 1.54) is 0 Å². The van der Waals surface area contributed by atoms with E-state index in [1.807, 2.05) is 0 Å². The number of nitrogen functional groups attached to an aromatic ring is 1. The number of benzene rings is 2. The van der Waals surface area contributed by atoms with Crippen LogP contribution in [0.1, 0.15) is 0 Å². The van der Waals surface area contributed by atoms with Crippen molar-refractivity contribution in [3.63, 3.8) is 0 Å². The molecule has 0 heterocycles. The second-order valence-electron chi connectivity index (χ2n) is 3.47. The van der Waals surface area contributed by atoms with E-state index in [9.17, 15) is 0 Å². The smallest absolute Gasteiger partial charge is 0.141 e. The lowest BCUT2D eigenvalue weighted by atomic mass is 10.3. The maximum absolute atomic E-state index is 5.92. The number of ether oxygens (including phenoxy) is 2. The van der Waals surface area contributed by atoms with Gasteiger partial charge in [-0.2, -0.15) is 0 Å². The zero-order chi connectivity index (χ0) is 12.3. The number of rotatable bonds is 3. The molecule has 2 N–H and O–H groups in total. The lowest BCUT2D eigenvalue weighted by molar-refractivity contribution is 0.409. The lowest BCUT2D eigenvalue weighted by Gasteiger charge is -2.08. The van der Waals surface area contributed by atoms with E-state index in [1.54, 1.807) is 49.6 Å². The molecular weight excluding hydrogens is 238 g/mol. The van der Waals surface area contributed by atoms with Crippen molar-refractivity contribution in [3.8, 4) is 17.2 Å². The highest BCUT2D eigenvalue weighted by Gasteiger charge is 2.03. The van der Waals surface area contributed by atoms with Crippen molar-refractivity contribution in [3.05, 3.63) is 47.5 Å². The molecule has 4 heteroatoms. The Kier molecular flexibility index (Phi) is 3.40. The van der Waals surface area contributed by atoms with Crippen LogP contribution in [0.15, 0.2) is 42.5 Å². The van der Waals surface area contributed by atoms with Crippen LogP contribution in [0.25, 0.3) is 0 Å². The first-order valence-electron chi connectivity index (χ1n) is 5.06. The molecule has 17 heavy (non-hydrogen) atoms. The van der Waals surface area contributed by atoms with E-state index in [0.717, 1.165) is 0 Å². The fourth-order valence-corrected chi connectivity index (χ4v) is 1.57. The molecule has 0 spiro atoms. The predicted molar refractivity (Wildman–Crippen MR) is 68.9 cm³/mol. The van der Waals surface area contributed by atoms with Crippen molar-refractivity contribution in [1.82, 2.24) is 0 Å². The zero-order valence-electron chi connectivity index (χ0n) is 9.31. The molecule has 0 aliphatic carbocycles. The molecule has 0 amide bonds. The molecule has 0 unspecified atom stereocenters. The molecule has 0 aliphatic heterocycles. The molecule has 0 atom stereocenters. The molecule has 0 aromatic heterocycles. The summed E-state index contributed by atoms with van der Waals surface area (Å²) >= 11 is 5.92. The van der Waals surface area contributed by atoms with Gasteiger partial charge in [-0.1, -0.05) is 11.6 Å². The van der Waals surface area contributed by atoms with Crippen molar-refractivity contribution in [2.24, 2.45) is 0 Å². The van der Waals surface area contributed by atoms with Gasteiger partial charge in [0.2, 0.25) is 0 Å². The van der Waals surface area contributed by atoms with E-state index < -0.39 is 0 Å². The first-order chi connectivity index (χ1) is 8.19. The number of hydrogen-bond donors (Lipinski definition) is 1. The number of nitrogens with two attached hydrogens (primary N) is 1. The molecule has 0 saturated heterocycles. The van der Waals surface area contributed by atoms with Crippen LogP contribution < -0.4 is 15.2 Å². The number of hydrogen-bond acceptors (Lipinski definition) is 3. The Morgan fingerprint density at radius 1 is 1.00 bits per heavy atom. The Morgan fingerprint density at radius 2 is 1.65 bits per heavy atom. The second-order valence-corrected chi connectivity index (χ2v) is 3.87. The van der Waals surface area contributed by atoms with Gasteiger partial charge in [0.15, 0.2) is 0 Å². The summed E-state index contributed by atoms with van der Waals surface area (Å²) in [5, 5.41) is 0.553. The molecule has 3 nitrogen and oxygen atoms in total. The zero-order valence-corrected chi connectivity index (χ0v) is 10.1. The first kappa shape index (κ1) is 11.6. The van der Waals surface area contributed by atoms with E-state index >= 15 is 0 Å². The van der Waals surface area contributed by atoms with Crippen LogP contribution in [0.4, 0.5) is 5.69 Å². The Bertz CT molecular complexity index is 511. The minimum Gasteiger partial charge on any atom is -0.495 e. The first-order valence-corrected chi connectivity index (χ1v) is 5.44.